The third kappa shape index (κ3) is 4.67. The fourth-order valence-electron chi connectivity index (χ4n) is 1.79. The molecule has 104 valence electrons. The Morgan fingerprint density at radius 2 is 2.05 bits per heavy atom. The van der Waals surface area contributed by atoms with E-state index in [1.165, 1.54) is 4.31 Å². The molecule has 0 spiro atoms. The van der Waals surface area contributed by atoms with E-state index in [2.05, 4.69) is 5.92 Å². The highest BCUT2D eigenvalue weighted by Crippen LogP contribution is 2.13. The monoisotopic (exact) mass is 281 g/mol. The van der Waals surface area contributed by atoms with Gasteiger partial charge in [-0.25, -0.2) is 8.42 Å². The minimum absolute atomic E-state index is 0.0931. The van der Waals surface area contributed by atoms with E-state index in [0.29, 0.717) is 17.7 Å². The summed E-state index contributed by atoms with van der Waals surface area (Å²) in [6.07, 6.45) is 5.93. The predicted molar refractivity (Wildman–Crippen MR) is 75.7 cm³/mol. The van der Waals surface area contributed by atoms with Crippen LogP contribution in [0.3, 0.4) is 0 Å². The highest BCUT2D eigenvalue weighted by molar-refractivity contribution is 7.88. The van der Waals surface area contributed by atoms with E-state index >= 15 is 0 Å². The summed E-state index contributed by atoms with van der Waals surface area (Å²) in [4.78, 5) is 0. The maximum absolute atomic E-state index is 12.2. The fourth-order valence-corrected chi connectivity index (χ4v) is 3.30. The molecule has 1 N–H and O–H groups in total. The molecule has 0 saturated carbocycles. The first-order valence-electron chi connectivity index (χ1n) is 6.13. The van der Waals surface area contributed by atoms with Crippen molar-refractivity contribution in [3.8, 4) is 12.3 Å². The van der Waals surface area contributed by atoms with Crippen LogP contribution < -0.4 is 0 Å². The number of nitrogens with zero attached hydrogens (tertiary/aromatic N) is 1. The van der Waals surface area contributed by atoms with Crippen molar-refractivity contribution in [3.63, 3.8) is 0 Å². The van der Waals surface area contributed by atoms with Gasteiger partial charge in [-0.15, -0.1) is 6.42 Å². The number of benzene rings is 1. The molecule has 0 aromatic heterocycles. The molecule has 0 unspecified atom stereocenters. The third-order valence-electron chi connectivity index (χ3n) is 2.66. The summed E-state index contributed by atoms with van der Waals surface area (Å²) in [5.41, 5.74) is 1.36. The van der Waals surface area contributed by atoms with E-state index in [0.717, 1.165) is 6.42 Å². The van der Waals surface area contributed by atoms with Gasteiger partial charge in [0.25, 0.3) is 0 Å². The van der Waals surface area contributed by atoms with Crippen LogP contribution in [0.15, 0.2) is 24.3 Å². The lowest BCUT2D eigenvalue weighted by molar-refractivity contribution is 0.281. The average molecular weight is 281 g/mol. The Hall–Kier alpha value is -1.35. The summed E-state index contributed by atoms with van der Waals surface area (Å²) in [6, 6.07) is 6.91. The van der Waals surface area contributed by atoms with Crippen molar-refractivity contribution >= 4 is 10.0 Å². The van der Waals surface area contributed by atoms with E-state index in [4.69, 9.17) is 11.5 Å². The van der Waals surface area contributed by atoms with Crippen molar-refractivity contribution in [1.29, 1.82) is 0 Å². The molecule has 0 aliphatic rings. The van der Waals surface area contributed by atoms with Gasteiger partial charge in [0.2, 0.25) is 10.0 Å². The second-order valence-corrected chi connectivity index (χ2v) is 6.24. The van der Waals surface area contributed by atoms with Crippen molar-refractivity contribution < 1.29 is 13.5 Å². The van der Waals surface area contributed by atoms with Crippen LogP contribution in [0.5, 0.6) is 0 Å². The van der Waals surface area contributed by atoms with E-state index in [-0.39, 0.29) is 18.9 Å². The van der Waals surface area contributed by atoms with Gasteiger partial charge < -0.3 is 5.11 Å². The van der Waals surface area contributed by atoms with Crippen LogP contribution >= 0.6 is 0 Å². The smallest absolute Gasteiger partial charge is 0.219 e. The molecule has 0 aliphatic carbocycles. The van der Waals surface area contributed by atoms with Gasteiger partial charge in [-0.1, -0.05) is 37.1 Å². The van der Waals surface area contributed by atoms with E-state index in [1.54, 1.807) is 24.3 Å². The topological polar surface area (TPSA) is 57.6 Å². The highest BCUT2D eigenvalue weighted by atomic mass is 32.2. The molecular formula is C14H19NO3S. The first kappa shape index (κ1) is 15.7. The Kier molecular flexibility index (Phi) is 6.03. The standard InChI is InChI=1S/C14H19NO3S/c1-3-8-15(9-4-2)19(17,18)12-14-7-5-6-13(10-14)11-16/h1,5-7,10,16H,4,8-9,11-12H2,2H3. The number of hydrogen-bond acceptors (Lipinski definition) is 3. The van der Waals surface area contributed by atoms with Crippen molar-refractivity contribution in [2.45, 2.75) is 25.7 Å². The molecule has 0 saturated heterocycles. The summed E-state index contributed by atoms with van der Waals surface area (Å²) in [5, 5.41) is 9.05. The molecule has 0 heterocycles. The second kappa shape index (κ2) is 7.29. The molecule has 0 aliphatic heterocycles. The first-order valence-corrected chi connectivity index (χ1v) is 7.74. The van der Waals surface area contributed by atoms with Crippen molar-refractivity contribution in [2.75, 3.05) is 13.1 Å². The van der Waals surface area contributed by atoms with Gasteiger partial charge >= 0.3 is 0 Å². The molecule has 1 rings (SSSR count). The molecule has 1 aromatic carbocycles. The van der Waals surface area contributed by atoms with Crippen LogP contribution in [-0.4, -0.2) is 30.9 Å². The van der Waals surface area contributed by atoms with Gasteiger partial charge in [0, 0.05) is 6.54 Å². The maximum atomic E-state index is 12.2. The zero-order chi connectivity index (χ0) is 14.3. The van der Waals surface area contributed by atoms with E-state index < -0.39 is 10.0 Å². The Labute approximate surface area is 115 Å². The summed E-state index contributed by atoms with van der Waals surface area (Å²) < 4.78 is 25.8. The van der Waals surface area contributed by atoms with Gasteiger partial charge in [0.1, 0.15) is 0 Å². The van der Waals surface area contributed by atoms with Crippen LogP contribution in [0, 0.1) is 12.3 Å². The van der Waals surface area contributed by atoms with Crippen LogP contribution in [0.25, 0.3) is 0 Å². The van der Waals surface area contributed by atoms with Crippen LogP contribution in [0.1, 0.15) is 24.5 Å². The number of rotatable bonds is 7. The van der Waals surface area contributed by atoms with Gasteiger partial charge in [-0.2, -0.15) is 4.31 Å². The van der Waals surface area contributed by atoms with Gasteiger partial charge in [-0.05, 0) is 17.5 Å². The maximum Gasteiger partial charge on any atom is 0.219 e. The molecule has 0 bridgehead atoms. The van der Waals surface area contributed by atoms with Gasteiger partial charge in [0.15, 0.2) is 0 Å². The number of sulfonamides is 1. The van der Waals surface area contributed by atoms with Crippen molar-refractivity contribution in [3.05, 3.63) is 35.4 Å². The Bertz CT molecular complexity index is 546. The summed E-state index contributed by atoms with van der Waals surface area (Å²) in [5.74, 6) is 2.28. The van der Waals surface area contributed by atoms with E-state index in [9.17, 15) is 8.42 Å². The predicted octanol–water partition coefficient (Wildman–Crippen LogP) is 1.35. The molecule has 1 aromatic rings. The third-order valence-corrected chi connectivity index (χ3v) is 4.45. The Balaban J connectivity index is 2.90. The largest absolute Gasteiger partial charge is 0.392 e. The molecular weight excluding hydrogens is 262 g/mol. The lowest BCUT2D eigenvalue weighted by Gasteiger charge is -2.19. The quantitative estimate of drug-likeness (QED) is 0.768. The molecule has 0 amide bonds. The molecule has 0 radical (unpaired) electrons. The van der Waals surface area contributed by atoms with Crippen LogP contribution in [-0.2, 0) is 22.4 Å². The molecule has 0 fully saturated rings. The SMILES string of the molecule is C#CCN(CCC)S(=O)(=O)Cc1cccc(CO)c1. The van der Waals surface area contributed by atoms with Gasteiger partial charge in [0.05, 0.1) is 18.9 Å². The minimum atomic E-state index is -3.42. The number of aliphatic hydroxyl groups is 1. The van der Waals surface area contributed by atoms with E-state index in [1.807, 2.05) is 6.92 Å². The zero-order valence-corrected chi connectivity index (χ0v) is 11.9. The Morgan fingerprint density at radius 1 is 1.37 bits per heavy atom. The lowest BCUT2D eigenvalue weighted by atomic mass is 10.1. The summed E-state index contributed by atoms with van der Waals surface area (Å²) in [7, 11) is -3.42. The van der Waals surface area contributed by atoms with Gasteiger partial charge in [-0.3, -0.25) is 0 Å². The fraction of sp³-hybridized carbons (Fsp3) is 0.429. The first-order chi connectivity index (χ1) is 9.03. The van der Waals surface area contributed by atoms with Crippen LogP contribution in [0.4, 0.5) is 0 Å². The average Bonchev–Trinajstić information content (AvgIpc) is 2.38. The Morgan fingerprint density at radius 3 is 2.63 bits per heavy atom. The molecule has 19 heavy (non-hydrogen) atoms. The summed E-state index contributed by atoms with van der Waals surface area (Å²) >= 11 is 0. The zero-order valence-electron chi connectivity index (χ0n) is 11.0. The second-order valence-electron chi connectivity index (χ2n) is 4.27. The molecule has 4 nitrogen and oxygen atoms in total. The number of terminal acetylenes is 1. The van der Waals surface area contributed by atoms with Crippen molar-refractivity contribution in [1.82, 2.24) is 4.31 Å². The summed E-state index contributed by atoms with van der Waals surface area (Å²) in [6.45, 7) is 2.32. The minimum Gasteiger partial charge on any atom is -0.392 e. The molecule has 5 heteroatoms. The number of hydrogen-bond donors (Lipinski definition) is 1. The lowest BCUT2D eigenvalue weighted by Crippen LogP contribution is -2.33. The van der Waals surface area contributed by atoms with Crippen molar-refractivity contribution in [2.24, 2.45) is 0 Å². The molecule has 0 atom stereocenters. The normalized spacial score (nSPS) is 11.5. The number of aliphatic hydroxyl groups excluding tert-OH is 1. The highest BCUT2D eigenvalue weighted by Gasteiger charge is 2.20. The van der Waals surface area contributed by atoms with Crippen LogP contribution in [0.2, 0.25) is 0 Å².